The lowest BCUT2D eigenvalue weighted by Crippen LogP contribution is -2.20. The Morgan fingerprint density at radius 3 is 3.22 bits per heavy atom. The molecule has 0 radical (unpaired) electrons. The van der Waals surface area contributed by atoms with Gasteiger partial charge in [-0.2, -0.15) is 0 Å². The second-order valence-electron chi connectivity index (χ2n) is 1.72. The van der Waals surface area contributed by atoms with Crippen molar-refractivity contribution in [2.24, 2.45) is 5.16 Å². The monoisotopic (exact) mass is 191 g/mol. The number of halogens is 1. The SMILES string of the molecule is O=C(CBr)C1CC=NO1. The van der Waals surface area contributed by atoms with Crippen molar-refractivity contribution < 1.29 is 9.63 Å². The van der Waals surface area contributed by atoms with Crippen LogP contribution in [0, 0.1) is 0 Å². The molecule has 1 atom stereocenters. The molecule has 0 saturated carbocycles. The van der Waals surface area contributed by atoms with Crippen molar-refractivity contribution in [3.05, 3.63) is 0 Å². The van der Waals surface area contributed by atoms with Crippen LogP contribution in [-0.2, 0) is 9.63 Å². The molecule has 50 valence electrons. The summed E-state index contributed by atoms with van der Waals surface area (Å²) in [7, 11) is 0. The highest BCUT2D eigenvalue weighted by molar-refractivity contribution is 9.09. The van der Waals surface area contributed by atoms with E-state index < -0.39 is 0 Å². The van der Waals surface area contributed by atoms with Gasteiger partial charge in [0.15, 0.2) is 11.9 Å². The summed E-state index contributed by atoms with van der Waals surface area (Å²) in [6, 6.07) is 0. The highest BCUT2D eigenvalue weighted by atomic mass is 79.9. The molecule has 0 bridgehead atoms. The third-order valence-electron chi connectivity index (χ3n) is 1.07. The lowest BCUT2D eigenvalue weighted by molar-refractivity contribution is -0.126. The molecule has 3 nitrogen and oxygen atoms in total. The van der Waals surface area contributed by atoms with Crippen molar-refractivity contribution in [1.29, 1.82) is 0 Å². The van der Waals surface area contributed by atoms with Gasteiger partial charge in [0.2, 0.25) is 0 Å². The van der Waals surface area contributed by atoms with E-state index in [1.54, 1.807) is 6.21 Å². The highest BCUT2D eigenvalue weighted by Gasteiger charge is 2.20. The molecule has 9 heavy (non-hydrogen) atoms. The Morgan fingerprint density at radius 1 is 2.00 bits per heavy atom. The van der Waals surface area contributed by atoms with Gasteiger partial charge in [0, 0.05) is 12.6 Å². The molecule has 0 aromatic heterocycles. The number of oxime groups is 1. The number of rotatable bonds is 2. The number of carbonyl (C=O) groups is 1. The Hall–Kier alpha value is -0.380. The van der Waals surface area contributed by atoms with Crippen LogP contribution in [0.1, 0.15) is 6.42 Å². The first-order valence-electron chi connectivity index (χ1n) is 2.61. The van der Waals surface area contributed by atoms with Crippen LogP contribution in [-0.4, -0.2) is 23.4 Å². The van der Waals surface area contributed by atoms with E-state index in [0.29, 0.717) is 11.8 Å². The van der Waals surface area contributed by atoms with Gasteiger partial charge >= 0.3 is 0 Å². The summed E-state index contributed by atoms with van der Waals surface area (Å²) < 4.78 is 0. The normalized spacial score (nSPS) is 23.9. The van der Waals surface area contributed by atoms with Gasteiger partial charge in [-0.15, -0.1) is 0 Å². The lowest BCUT2D eigenvalue weighted by Gasteiger charge is -2.01. The maximum absolute atomic E-state index is 10.8. The predicted octanol–water partition coefficient (Wildman–Crippen LogP) is 0.725. The molecule has 0 aromatic rings. The molecular formula is C5H6BrNO2. The lowest BCUT2D eigenvalue weighted by atomic mass is 10.2. The number of nitrogens with zero attached hydrogens (tertiary/aromatic N) is 1. The molecule has 1 heterocycles. The number of ketones is 1. The van der Waals surface area contributed by atoms with E-state index in [1.165, 1.54) is 0 Å². The largest absolute Gasteiger partial charge is 0.384 e. The van der Waals surface area contributed by atoms with Crippen LogP contribution in [0.2, 0.25) is 0 Å². The summed E-state index contributed by atoms with van der Waals surface area (Å²) in [5, 5.41) is 3.82. The molecular weight excluding hydrogens is 186 g/mol. The topological polar surface area (TPSA) is 38.7 Å². The molecule has 1 aliphatic rings. The van der Waals surface area contributed by atoms with Crippen LogP contribution in [0.3, 0.4) is 0 Å². The average Bonchev–Trinajstić information content (AvgIpc) is 2.37. The molecule has 1 rings (SSSR count). The van der Waals surface area contributed by atoms with Crippen molar-refractivity contribution in [2.75, 3.05) is 5.33 Å². The minimum atomic E-state index is -0.329. The average molecular weight is 192 g/mol. The third-order valence-corrected chi connectivity index (χ3v) is 1.63. The van der Waals surface area contributed by atoms with Crippen LogP contribution >= 0.6 is 15.9 Å². The minimum Gasteiger partial charge on any atom is -0.384 e. The van der Waals surface area contributed by atoms with E-state index in [1.807, 2.05) is 0 Å². The predicted molar refractivity (Wildman–Crippen MR) is 36.8 cm³/mol. The van der Waals surface area contributed by atoms with Crippen molar-refractivity contribution in [3.8, 4) is 0 Å². The van der Waals surface area contributed by atoms with Crippen molar-refractivity contribution in [3.63, 3.8) is 0 Å². The molecule has 0 aromatic carbocycles. The zero-order valence-electron chi connectivity index (χ0n) is 4.71. The van der Waals surface area contributed by atoms with Crippen LogP contribution in [0.15, 0.2) is 5.16 Å². The molecule has 4 heteroatoms. The van der Waals surface area contributed by atoms with Gasteiger partial charge in [-0.3, -0.25) is 4.79 Å². The first kappa shape index (κ1) is 6.74. The van der Waals surface area contributed by atoms with Gasteiger partial charge in [0.05, 0.1) is 5.33 Å². The first-order valence-corrected chi connectivity index (χ1v) is 3.73. The Morgan fingerprint density at radius 2 is 2.78 bits per heavy atom. The zero-order chi connectivity index (χ0) is 6.69. The quantitative estimate of drug-likeness (QED) is 0.604. The Labute approximate surface area is 61.2 Å². The van der Waals surface area contributed by atoms with Gasteiger partial charge in [-0.25, -0.2) is 0 Å². The summed E-state index contributed by atoms with van der Waals surface area (Å²) in [6.07, 6.45) is 1.89. The fourth-order valence-corrected chi connectivity index (χ4v) is 0.936. The molecule has 1 unspecified atom stereocenters. The summed E-state index contributed by atoms with van der Waals surface area (Å²) in [4.78, 5) is 15.5. The summed E-state index contributed by atoms with van der Waals surface area (Å²) in [6.45, 7) is 0. The van der Waals surface area contributed by atoms with E-state index in [0.717, 1.165) is 0 Å². The Kier molecular flexibility index (Phi) is 2.22. The number of Topliss-reactive ketones (excluding diaryl/α,β-unsaturated/α-hetero) is 1. The zero-order valence-corrected chi connectivity index (χ0v) is 6.30. The Balaban J connectivity index is 2.36. The summed E-state index contributed by atoms with van der Waals surface area (Å²) in [5.74, 6) is 0.0486. The smallest absolute Gasteiger partial charge is 0.191 e. The standard InChI is InChI=1S/C5H6BrNO2/c6-3-4(8)5-1-2-7-9-5/h2,5H,1,3H2. The third kappa shape index (κ3) is 1.51. The van der Waals surface area contributed by atoms with E-state index in [-0.39, 0.29) is 11.9 Å². The molecule has 0 N–H and O–H groups in total. The summed E-state index contributed by atoms with van der Waals surface area (Å²) in [5.41, 5.74) is 0. The van der Waals surface area contributed by atoms with Crippen LogP contribution in [0.4, 0.5) is 0 Å². The number of hydrogen-bond acceptors (Lipinski definition) is 3. The van der Waals surface area contributed by atoms with E-state index in [2.05, 4.69) is 21.1 Å². The molecule has 0 amide bonds. The Bertz CT molecular complexity index is 138. The van der Waals surface area contributed by atoms with Gasteiger partial charge in [-0.05, 0) is 0 Å². The highest BCUT2D eigenvalue weighted by Crippen LogP contribution is 2.06. The van der Waals surface area contributed by atoms with Crippen LogP contribution in [0.5, 0.6) is 0 Å². The molecule has 0 fully saturated rings. The van der Waals surface area contributed by atoms with Gasteiger partial charge in [0.1, 0.15) is 0 Å². The van der Waals surface area contributed by atoms with Crippen molar-refractivity contribution in [2.45, 2.75) is 12.5 Å². The van der Waals surface area contributed by atoms with Gasteiger partial charge in [-0.1, -0.05) is 21.1 Å². The minimum absolute atomic E-state index is 0.0486. The molecule has 0 spiro atoms. The maximum Gasteiger partial charge on any atom is 0.191 e. The molecule has 0 aliphatic carbocycles. The summed E-state index contributed by atoms with van der Waals surface area (Å²) >= 11 is 3.04. The fraction of sp³-hybridized carbons (Fsp3) is 0.600. The van der Waals surface area contributed by atoms with Gasteiger partial charge in [0.25, 0.3) is 0 Å². The molecule has 0 saturated heterocycles. The van der Waals surface area contributed by atoms with E-state index in [4.69, 9.17) is 4.84 Å². The number of carbonyl (C=O) groups excluding carboxylic acids is 1. The van der Waals surface area contributed by atoms with Crippen molar-refractivity contribution in [1.82, 2.24) is 0 Å². The van der Waals surface area contributed by atoms with E-state index >= 15 is 0 Å². The fourth-order valence-electron chi connectivity index (χ4n) is 0.575. The van der Waals surface area contributed by atoms with Gasteiger partial charge < -0.3 is 4.84 Å². The number of hydrogen-bond donors (Lipinski definition) is 0. The van der Waals surface area contributed by atoms with Crippen LogP contribution in [0.25, 0.3) is 0 Å². The van der Waals surface area contributed by atoms with Crippen molar-refractivity contribution >= 4 is 27.9 Å². The van der Waals surface area contributed by atoms with Crippen LogP contribution < -0.4 is 0 Å². The number of alkyl halides is 1. The second kappa shape index (κ2) is 2.96. The molecule has 1 aliphatic heterocycles. The second-order valence-corrected chi connectivity index (χ2v) is 2.28. The van der Waals surface area contributed by atoms with E-state index in [9.17, 15) is 4.79 Å². The first-order chi connectivity index (χ1) is 4.34. The maximum atomic E-state index is 10.8.